The molecule has 0 saturated carbocycles. The predicted molar refractivity (Wildman–Crippen MR) is 110 cm³/mol. The lowest BCUT2D eigenvalue weighted by molar-refractivity contribution is -0.0234. The molecule has 7 nitrogen and oxygen atoms in total. The molecule has 162 valence electrons. The number of hydrogen-bond donors (Lipinski definition) is 3. The molecule has 1 fully saturated rings. The van der Waals surface area contributed by atoms with Gasteiger partial charge in [-0.1, -0.05) is 17.7 Å². The number of nitrogens with zero attached hydrogens (tertiary/aromatic N) is 1. The smallest absolute Gasteiger partial charge is 0.255 e. The number of sulfonamides is 1. The van der Waals surface area contributed by atoms with Crippen LogP contribution in [0, 0.1) is 5.82 Å². The maximum atomic E-state index is 13.3. The van der Waals surface area contributed by atoms with E-state index in [0.717, 1.165) is 6.07 Å². The highest BCUT2D eigenvalue weighted by Gasteiger charge is 2.36. The number of hydrogen-bond acceptors (Lipinski definition) is 5. The van der Waals surface area contributed by atoms with E-state index in [4.69, 9.17) is 16.7 Å². The fourth-order valence-corrected chi connectivity index (χ4v) is 4.99. The summed E-state index contributed by atoms with van der Waals surface area (Å²) in [6, 6.07) is 9.33. The van der Waals surface area contributed by atoms with E-state index >= 15 is 0 Å². The second kappa shape index (κ2) is 8.99. The van der Waals surface area contributed by atoms with Crippen LogP contribution in [0.5, 0.6) is 0 Å². The van der Waals surface area contributed by atoms with Crippen LogP contribution in [0.1, 0.15) is 29.6 Å². The molecule has 1 heterocycles. The summed E-state index contributed by atoms with van der Waals surface area (Å²) >= 11 is 5.71. The SMILES string of the molecule is O=C(Nc1ccc(F)c(Cl)c1)c1cccc(S(=O)(=O)N2CCC(O)(CCO)CC2)c1. The fourth-order valence-electron chi connectivity index (χ4n) is 3.32. The number of amides is 1. The van der Waals surface area contributed by atoms with Crippen LogP contribution in [0.3, 0.4) is 0 Å². The molecular formula is C20H22ClFN2O5S. The molecule has 0 aromatic heterocycles. The molecule has 3 N–H and O–H groups in total. The van der Waals surface area contributed by atoms with Gasteiger partial charge in [0.15, 0.2) is 0 Å². The van der Waals surface area contributed by atoms with Gasteiger partial charge in [-0.15, -0.1) is 0 Å². The van der Waals surface area contributed by atoms with Crippen molar-refractivity contribution in [3.63, 3.8) is 0 Å². The molecule has 2 aromatic carbocycles. The number of carbonyl (C=O) groups is 1. The van der Waals surface area contributed by atoms with Crippen LogP contribution < -0.4 is 5.32 Å². The summed E-state index contributed by atoms with van der Waals surface area (Å²) in [7, 11) is -3.86. The first-order chi connectivity index (χ1) is 14.1. The van der Waals surface area contributed by atoms with Crippen LogP contribution in [0.15, 0.2) is 47.4 Å². The molecule has 0 atom stereocenters. The first-order valence-corrected chi connectivity index (χ1v) is 11.2. The van der Waals surface area contributed by atoms with Gasteiger partial charge in [0.25, 0.3) is 5.91 Å². The number of aliphatic hydroxyl groups is 2. The number of nitrogens with one attached hydrogen (secondary N) is 1. The van der Waals surface area contributed by atoms with E-state index in [0.29, 0.717) is 0 Å². The topological polar surface area (TPSA) is 107 Å². The Morgan fingerprint density at radius 2 is 1.90 bits per heavy atom. The Labute approximate surface area is 179 Å². The molecule has 2 aromatic rings. The molecule has 0 spiro atoms. The molecule has 0 radical (unpaired) electrons. The second-order valence-corrected chi connectivity index (χ2v) is 9.56. The van der Waals surface area contributed by atoms with Crippen molar-refractivity contribution in [1.82, 2.24) is 4.31 Å². The van der Waals surface area contributed by atoms with Gasteiger partial charge in [-0.2, -0.15) is 4.31 Å². The molecule has 1 aliphatic heterocycles. The lowest BCUT2D eigenvalue weighted by Crippen LogP contribution is -2.47. The van der Waals surface area contributed by atoms with Gasteiger partial charge in [-0.05, 0) is 55.7 Å². The number of benzene rings is 2. The van der Waals surface area contributed by atoms with E-state index in [1.807, 2.05) is 0 Å². The van der Waals surface area contributed by atoms with Crippen molar-refractivity contribution in [2.24, 2.45) is 0 Å². The Morgan fingerprint density at radius 1 is 1.20 bits per heavy atom. The first-order valence-electron chi connectivity index (χ1n) is 9.34. The van der Waals surface area contributed by atoms with Crippen LogP contribution in [-0.2, 0) is 10.0 Å². The molecule has 0 unspecified atom stereocenters. The minimum Gasteiger partial charge on any atom is -0.396 e. The monoisotopic (exact) mass is 456 g/mol. The maximum Gasteiger partial charge on any atom is 0.255 e. The van der Waals surface area contributed by atoms with E-state index in [1.165, 1.54) is 40.7 Å². The summed E-state index contributed by atoms with van der Waals surface area (Å²) in [5.74, 6) is -1.18. The highest BCUT2D eigenvalue weighted by molar-refractivity contribution is 7.89. The highest BCUT2D eigenvalue weighted by atomic mass is 35.5. The lowest BCUT2D eigenvalue weighted by Gasteiger charge is -2.37. The second-order valence-electron chi connectivity index (χ2n) is 7.21. The van der Waals surface area contributed by atoms with Crippen LogP contribution in [0.2, 0.25) is 5.02 Å². The zero-order chi connectivity index (χ0) is 21.9. The minimum atomic E-state index is -3.86. The Balaban J connectivity index is 1.75. The molecular weight excluding hydrogens is 435 g/mol. The number of piperidine rings is 1. The van der Waals surface area contributed by atoms with Crippen molar-refractivity contribution in [1.29, 1.82) is 0 Å². The zero-order valence-electron chi connectivity index (χ0n) is 16.0. The zero-order valence-corrected chi connectivity index (χ0v) is 17.6. The van der Waals surface area contributed by atoms with Crippen molar-refractivity contribution in [2.75, 3.05) is 25.0 Å². The standard InChI is InChI=1S/C20H22ClFN2O5S/c21-17-13-15(4-5-18(17)22)23-19(26)14-2-1-3-16(12-14)30(28,29)24-9-6-20(27,7-10-24)8-11-25/h1-5,12-13,25,27H,6-11H2,(H,23,26). The number of anilines is 1. The first kappa shape index (κ1) is 22.6. The van der Waals surface area contributed by atoms with E-state index in [-0.39, 0.29) is 60.1 Å². The summed E-state index contributed by atoms with van der Waals surface area (Å²) < 4.78 is 40.5. The Morgan fingerprint density at radius 3 is 2.53 bits per heavy atom. The van der Waals surface area contributed by atoms with Crippen molar-refractivity contribution in [3.05, 3.63) is 58.9 Å². The molecule has 0 aliphatic carbocycles. The van der Waals surface area contributed by atoms with E-state index in [9.17, 15) is 22.7 Å². The summed E-state index contributed by atoms with van der Waals surface area (Å²) in [5.41, 5.74) is -0.678. The van der Waals surface area contributed by atoms with Gasteiger partial charge in [0, 0.05) is 30.9 Å². The van der Waals surface area contributed by atoms with Gasteiger partial charge in [-0.25, -0.2) is 12.8 Å². The van der Waals surface area contributed by atoms with E-state index in [1.54, 1.807) is 0 Å². The normalized spacial score (nSPS) is 16.9. The molecule has 30 heavy (non-hydrogen) atoms. The molecule has 1 saturated heterocycles. The van der Waals surface area contributed by atoms with Crippen molar-refractivity contribution in [2.45, 2.75) is 29.8 Å². The van der Waals surface area contributed by atoms with Gasteiger partial charge in [0.1, 0.15) is 5.82 Å². The molecule has 10 heteroatoms. The number of halogens is 2. The maximum absolute atomic E-state index is 13.3. The number of aliphatic hydroxyl groups excluding tert-OH is 1. The Bertz CT molecular complexity index is 1040. The fraction of sp³-hybridized carbons (Fsp3) is 0.350. The van der Waals surface area contributed by atoms with Crippen molar-refractivity contribution < 1.29 is 27.8 Å². The number of rotatable bonds is 6. The molecule has 1 amide bonds. The summed E-state index contributed by atoms with van der Waals surface area (Å²) in [6.45, 7) is 0.0619. The van der Waals surface area contributed by atoms with Crippen molar-refractivity contribution in [3.8, 4) is 0 Å². The van der Waals surface area contributed by atoms with Crippen molar-refractivity contribution >= 4 is 33.2 Å². The average molecular weight is 457 g/mol. The average Bonchev–Trinajstić information content (AvgIpc) is 2.71. The molecule has 0 bridgehead atoms. The summed E-state index contributed by atoms with van der Waals surface area (Å²) in [6.07, 6.45) is 0.639. The quantitative estimate of drug-likeness (QED) is 0.619. The van der Waals surface area contributed by atoms with Gasteiger partial charge in [0.2, 0.25) is 10.0 Å². The van der Waals surface area contributed by atoms with Gasteiger partial charge < -0.3 is 15.5 Å². The molecule has 1 aliphatic rings. The Kier molecular flexibility index (Phi) is 6.78. The Hall–Kier alpha value is -2.04. The van der Waals surface area contributed by atoms with Crippen LogP contribution in [0.4, 0.5) is 10.1 Å². The largest absolute Gasteiger partial charge is 0.396 e. The van der Waals surface area contributed by atoms with E-state index in [2.05, 4.69) is 5.32 Å². The van der Waals surface area contributed by atoms with Crippen LogP contribution >= 0.6 is 11.6 Å². The lowest BCUT2D eigenvalue weighted by atomic mass is 9.89. The predicted octanol–water partition coefficient (Wildman–Crippen LogP) is 2.63. The number of carbonyl (C=O) groups excluding carboxylic acids is 1. The summed E-state index contributed by atoms with van der Waals surface area (Å²) in [4.78, 5) is 12.5. The van der Waals surface area contributed by atoms with Crippen LogP contribution in [0.25, 0.3) is 0 Å². The highest BCUT2D eigenvalue weighted by Crippen LogP contribution is 2.29. The summed E-state index contributed by atoms with van der Waals surface area (Å²) in [5, 5.41) is 21.8. The van der Waals surface area contributed by atoms with E-state index < -0.39 is 27.3 Å². The third-order valence-corrected chi connectivity index (χ3v) is 7.33. The third kappa shape index (κ3) is 4.98. The van der Waals surface area contributed by atoms with Gasteiger partial charge in [0.05, 0.1) is 15.5 Å². The van der Waals surface area contributed by atoms with Gasteiger partial charge >= 0.3 is 0 Å². The van der Waals surface area contributed by atoms with Crippen LogP contribution in [-0.4, -0.2) is 54.1 Å². The minimum absolute atomic E-state index is 0.0418. The van der Waals surface area contributed by atoms with Gasteiger partial charge in [-0.3, -0.25) is 4.79 Å². The molecule has 3 rings (SSSR count). The third-order valence-electron chi connectivity index (χ3n) is 5.14.